The van der Waals surface area contributed by atoms with Gasteiger partial charge in [-0.1, -0.05) is 70.7 Å². The monoisotopic (exact) mass is 561 g/mol. The number of ether oxygens (including phenoxy) is 2. The normalized spacial score (nSPS) is 14.3. The molecule has 10 heteroatoms. The molecule has 0 saturated carbocycles. The predicted octanol–water partition coefficient (Wildman–Crippen LogP) is 8.08. The van der Waals surface area contributed by atoms with Gasteiger partial charge in [0.1, 0.15) is 10.6 Å². The standard InChI is InChI=1S/C25H11Cl4NO4S/c26-13-5-7-15(17(28)10-13)24(31)33-19-4-2-1-3-12(19)9-18-25(32)34-23(30-18)22-21(29)16-8-6-14(27)11-20(16)35-22/h1-11H/b18-9+. The Morgan fingerprint density at radius 1 is 0.971 bits per heavy atom. The Hall–Kier alpha value is -2.87. The van der Waals surface area contributed by atoms with Crippen LogP contribution in [0.4, 0.5) is 0 Å². The Bertz CT molecular complexity index is 1590. The van der Waals surface area contributed by atoms with E-state index in [2.05, 4.69) is 4.99 Å². The van der Waals surface area contributed by atoms with Crippen molar-refractivity contribution in [3.63, 3.8) is 0 Å². The molecule has 35 heavy (non-hydrogen) atoms. The first-order valence-corrected chi connectivity index (χ1v) is 12.3. The van der Waals surface area contributed by atoms with Crippen LogP contribution in [0.2, 0.25) is 20.1 Å². The Balaban J connectivity index is 1.47. The lowest BCUT2D eigenvalue weighted by Gasteiger charge is -2.09. The van der Waals surface area contributed by atoms with E-state index < -0.39 is 11.9 Å². The molecular formula is C25H11Cl4NO4S. The van der Waals surface area contributed by atoms with Crippen molar-refractivity contribution in [2.75, 3.05) is 0 Å². The summed E-state index contributed by atoms with van der Waals surface area (Å²) in [6, 6.07) is 16.5. The highest BCUT2D eigenvalue weighted by Crippen LogP contribution is 2.39. The number of para-hydroxylation sites is 1. The zero-order valence-corrected chi connectivity index (χ0v) is 21.2. The van der Waals surface area contributed by atoms with E-state index in [0.717, 1.165) is 10.1 Å². The second-order valence-corrected chi connectivity index (χ2v) is 9.98. The van der Waals surface area contributed by atoms with E-state index in [1.54, 1.807) is 42.5 Å². The van der Waals surface area contributed by atoms with E-state index in [9.17, 15) is 9.59 Å². The van der Waals surface area contributed by atoms with Crippen molar-refractivity contribution in [3.05, 3.63) is 102 Å². The summed E-state index contributed by atoms with van der Waals surface area (Å²) >= 11 is 25.9. The molecule has 4 aromatic rings. The second kappa shape index (κ2) is 9.64. The predicted molar refractivity (Wildman–Crippen MR) is 140 cm³/mol. The van der Waals surface area contributed by atoms with Gasteiger partial charge in [0.05, 0.1) is 15.6 Å². The fraction of sp³-hybridized carbons (Fsp3) is 0. The van der Waals surface area contributed by atoms with Crippen LogP contribution >= 0.6 is 57.7 Å². The van der Waals surface area contributed by atoms with Crippen molar-refractivity contribution in [2.45, 2.75) is 0 Å². The van der Waals surface area contributed by atoms with Crippen LogP contribution in [0.3, 0.4) is 0 Å². The molecule has 0 aliphatic carbocycles. The molecule has 0 atom stereocenters. The summed E-state index contributed by atoms with van der Waals surface area (Å²) in [5.41, 5.74) is 0.621. The molecule has 0 spiro atoms. The maximum Gasteiger partial charge on any atom is 0.363 e. The molecule has 0 saturated heterocycles. The third-order valence-electron chi connectivity index (χ3n) is 4.97. The van der Waals surface area contributed by atoms with E-state index in [-0.39, 0.29) is 27.9 Å². The lowest BCUT2D eigenvalue weighted by molar-refractivity contribution is -0.129. The van der Waals surface area contributed by atoms with Crippen molar-refractivity contribution in [1.29, 1.82) is 0 Å². The van der Waals surface area contributed by atoms with Crippen molar-refractivity contribution in [1.82, 2.24) is 0 Å². The van der Waals surface area contributed by atoms with Gasteiger partial charge in [-0.25, -0.2) is 14.6 Å². The Morgan fingerprint density at radius 3 is 2.51 bits per heavy atom. The number of benzene rings is 3. The number of carbonyl (C=O) groups is 2. The molecule has 0 unspecified atom stereocenters. The number of hydrogen-bond acceptors (Lipinski definition) is 6. The third-order valence-corrected chi connectivity index (χ3v) is 7.40. The first kappa shape index (κ1) is 23.9. The fourth-order valence-corrected chi connectivity index (χ4v) is 5.53. The second-order valence-electron chi connectivity index (χ2n) is 7.27. The van der Waals surface area contributed by atoms with Crippen LogP contribution in [0.5, 0.6) is 5.75 Å². The van der Waals surface area contributed by atoms with Crippen molar-refractivity contribution in [3.8, 4) is 5.75 Å². The van der Waals surface area contributed by atoms with Gasteiger partial charge in [-0.05, 0) is 42.5 Å². The van der Waals surface area contributed by atoms with E-state index in [0.29, 0.717) is 25.5 Å². The van der Waals surface area contributed by atoms with Gasteiger partial charge in [0.15, 0.2) is 5.70 Å². The summed E-state index contributed by atoms with van der Waals surface area (Å²) in [6.45, 7) is 0. The molecule has 5 nitrogen and oxygen atoms in total. The third kappa shape index (κ3) is 4.81. The van der Waals surface area contributed by atoms with Crippen LogP contribution in [0.15, 0.2) is 71.4 Å². The molecular weight excluding hydrogens is 552 g/mol. The topological polar surface area (TPSA) is 65.0 Å². The van der Waals surface area contributed by atoms with E-state index >= 15 is 0 Å². The molecule has 0 bridgehead atoms. The minimum absolute atomic E-state index is 0.0274. The average molecular weight is 563 g/mol. The quantitative estimate of drug-likeness (QED) is 0.143. The number of esters is 2. The summed E-state index contributed by atoms with van der Waals surface area (Å²) in [6.07, 6.45) is 1.47. The smallest absolute Gasteiger partial charge is 0.363 e. The number of cyclic esters (lactones) is 1. The lowest BCUT2D eigenvalue weighted by Crippen LogP contribution is -2.10. The number of hydrogen-bond donors (Lipinski definition) is 0. The van der Waals surface area contributed by atoms with Gasteiger partial charge in [-0.3, -0.25) is 0 Å². The maximum atomic E-state index is 12.7. The molecule has 0 fully saturated rings. The van der Waals surface area contributed by atoms with Gasteiger partial charge in [0.25, 0.3) is 0 Å². The molecule has 0 radical (unpaired) electrons. The molecule has 2 heterocycles. The van der Waals surface area contributed by atoms with Crippen LogP contribution < -0.4 is 4.74 Å². The molecule has 1 aliphatic rings. The van der Waals surface area contributed by atoms with Gasteiger partial charge in [-0.15, -0.1) is 11.3 Å². The maximum absolute atomic E-state index is 12.7. The zero-order valence-electron chi connectivity index (χ0n) is 17.4. The van der Waals surface area contributed by atoms with E-state index in [1.165, 1.54) is 35.6 Å². The number of aliphatic imine (C=N–C) groups is 1. The fourth-order valence-electron chi connectivity index (χ4n) is 3.33. The van der Waals surface area contributed by atoms with Crippen molar-refractivity contribution >= 4 is 91.7 Å². The van der Waals surface area contributed by atoms with Crippen molar-refractivity contribution in [2.24, 2.45) is 4.99 Å². The first-order valence-electron chi connectivity index (χ1n) is 9.97. The van der Waals surface area contributed by atoms with Gasteiger partial charge in [0, 0.05) is 25.7 Å². The molecule has 1 aromatic heterocycles. The van der Waals surface area contributed by atoms with Crippen LogP contribution in [0.1, 0.15) is 20.8 Å². The summed E-state index contributed by atoms with van der Waals surface area (Å²) in [5, 5.41) is 2.33. The molecule has 174 valence electrons. The Kier molecular flexibility index (Phi) is 6.57. The summed E-state index contributed by atoms with van der Waals surface area (Å²) in [4.78, 5) is 30.1. The van der Waals surface area contributed by atoms with Gasteiger partial charge >= 0.3 is 11.9 Å². The van der Waals surface area contributed by atoms with Gasteiger partial charge < -0.3 is 9.47 Å². The number of thiophene rings is 1. The van der Waals surface area contributed by atoms with E-state index in [1.807, 2.05) is 0 Å². The lowest BCUT2D eigenvalue weighted by atomic mass is 10.1. The average Bonchev–Trinajstić information content (AvgIpc) is 3.33. The van der Waals surface area contributed by atoms with Gasteiger partial charge in [-0.2, -0.15) is 0 Å². The van der Waals surface area contributed by atoms with Crippen LogP contribution in [0, 0.1) is 0 Å². The van der Waals surface area contributed by atoms with Crippen LogP contribution in [-0.4, -0.2) is 17.8 Å². The number of halogens is 4. The van der Waals surface area contributed by atoms with Crippen LogP contribution in [-0.2, 0) is 9.53 Å². The summed E-state index contributed by atoms with van der Waals surface area (Å²) < 4.78 is 11.8. The van der Waals surface area contributed by atoms with Crippen LogP contribution in [0.25, 0.3) is 16.2 Å². The van der Waals surface area contributed by atoms with E-state index in [4.69, 9.17) is 55.9 Å². The molecule has 0 amide bonds. The number of carbonyl (C=O) groups excluding carboxylic acids is 2. The van der Waals surface area contributed by atoms with Crippen molar-refractivity contribution < 1.29 is 19.1 Å². The minimum atomic E-state index is -0.675. The molecule has 5 rings (SSSR count). The molecule has 0 N–H and O–H groups in total. The summed E-state index contributed by atoms with van der Waals surface area (Å²) in [7, 11) is 0. The highest BCUT2D eigenvalue weighted by Gasteiger charge is 2.28. The highest BCUT2D eigenvalue weighted by molar-refractivity contribution is 7.21. The molecule has 3 aromatic carbocycles. The largest absolute Gasteiger partial charge is 0.422 e. The zero-order chi connectivity index (χ0) is 24.7. The summed E-state index contributed by atoms with van der Waals surface area (Å²) in [5.74, 6) is -1.03. The Labute approximate surface area is 223 Å². The first-order chi connectivity index (χ1) is 16.8. The SMILES string of the molecule is O=C1OC(c2sc3cc(Cl)ccc3c2Cl)=N/C1=C/c1ccccc1OC(=O)c1ccc(Cl)cc1Cl. The Morgan fingerprint density at radius 2 is 1.71 bits per heavy atom. The number of rotatable bonds is 4. The number of fused-ring (bicyclic) bond motifs is 1. The number of nitrogens with zero attached hydrogens (tertiary/aromatic N) is 1. The van der Waals surface area contributed by atoms with Gasteiger partial charge in [0.2, 0.25) is 5.90 Å². The highest BCUT2D eigenvalue weighted by atomic mass is 35.5. The minimum Gasteiger partial charge on any atom is -0.422 e. The molecule has 1 aliphatic heterocycles.